The Morgan fingerprint density at radius 2 is 1.81 bits per heavy atom. The van der Waals surface area contributed by atoms with Crippen LogP contribution in [0.5, 0.6) is 0 Å². The van der Waals surface area contributed by atoms with Gasteiger partial charge in [0.2, 0.25) is 0 Å². The number of rotatable bonds is 2. The van der Waals surface area contributed by atoms with E-state index in [4.69, 9.17) is 9.72 Å². The number of thiazole rings is 1. The zero-order valence-corrected chi connectivity index (χ0v) is 13.0. The van der Waals surface area contributed by atoms with Gasteiger partial charge in [0.25, 0.3) is 0 Å². The summed E-state index contributed by atoms with van der Waals surface area (Å²) >= 11 is 1.82. The Kier molecular flexibility index (Phi) is 3.80. The molecule has 2 aromatic rings. The van der Waals surface area contributed by atoms with Crippen LogP contribution in [-0.4, -0.2) is 55.3 Å². The van der Waals surface area contributed by atoms with Crippen molar-refractivity contribution in [3.05, 3.63) is 24.3 Å². The molecule has 2 saturated heterocycles. The molecule has 0 atom stereocenters. The Morgan fingerprint density at radius 3 is 2.57 bits per heavy atom. The van der Waals surface area contributed by atoms with Crippen molar-refractivity contribution in [1.29, 1.82) is 0 Å². The molecule has 3 heterocycles. The SMILES string of the molecule is c1ccc2sc(N3CCC(N4CCOCC4)CC3)nc2c1. The molecule has 2 aliphatic heterocycles. The predicted octanol–water partition coefficient (Wildman–Crippen LogP) is 2.60. The van der Waals surface area contributed by atoms with Gasteiger partial charge in [-0.25, -0.2) is 4.98 Å². The van der Waals surface area contributed by atoms with Crippen molar-refractivity contribution in [3.63, 3.8) is 0 Å². The summed E-state index contributed by atoms with van der Waals surface area (Å²) in [6, 6.07) is 9.16. The number of nitrogens with zero attached hydrogens (tertiary/aromatic N) is 3. The summed E-state index contributed by atoms with van der Waals surface area (Å²) in [7, 11) is 0. The molecule has 4 nitrogen and oxygen atoms in total. The Hall–Kier alpha value is -1.17. The number of hydrogen-bond acceptors (Lipinski definition) is 5. The minimum atomic E-state index is 0.736. The molecule has 2 aliphatic rings. The molecule has 1 aromatic heterocycles. The third-order valence-electron chi connectivity index (χ3n) is 4.58. The largest absolute Gasteiger partial charge is 0.379 e. The highest BCUT2D eigenvalue weighted by molar-refractivity contribution is 7.22. The molecule has 0 aliphatic carbocycles. The number of fused-ring (bicyclic) bond motifs is 1. The average molecular weight is 303 g/mol. The molecule has 0 amide bonds. The highest BCUT2D eigenvalue weighted by atomic mass is 32.1. The minimum Gasteiger partial charge on any atom is -0.379 e. The van der Waals surface area contributed by atoms with Crippen LogP contribution in [0.4, 0.5) is 5.13 Å². The van der Waals surface area contributed by atoms with E-state index in [9.17, 15) is 0 Å². The smallest absolute Gasteiger partial charge is 0.186 e. The van der Waals surface area contributed by atoms with Gasteiger partial charge in [0.05, 0.1) is 23.4 Å². The first kappa shape index (κ1) is 13.5. The van der Waals surface area contributed by atoms with E-state index in [-0.39, 0.29) is 0 Å². The van der Waals surface area contributed by atoms with E-state index in [1.807, 2.05) is 11.3 Å². The fourth-order valence-corrected chi connectivity index (χ4v) is 4.38. The molecule has 0 saturated carbocycles. The molecule has 21 heavy (non-hydrogen) atoms. The second-order valence-electron chi connectivity index (χ2n) is 5.83. The number of ether oxygens (including phenoxy) is 1. The van der Waals surface area contributed by atoms with Crippen LogP contribution in [-0.2, 0) is 4.74 Å². The first-order valence-electron chi connectivity index (χ1n) is 7.82. The molecule has 0 radical (unpaired) electrons. The maximum Gasteiger partial charge on any atom is 0.186 e. The molecule has 0 bridgehead atoms. The number of benzene rings is 1. The molecule has 4 rings (SSSR count). The van der Waals surface area contributed by atoms with Crippen LogP contribution in [0, 0.1) is 0 Å². The molecule has 0 N–H and O–H groups in total. The van der Waals surface area contributed by atoms with Gasteiger partial charge in [-0.1, -0.05) is 23.5 Å². The van der Waals surface area contributed by atoms with Crippen LogP contribution >= 0.6 is 11.3 Å². The van der Waals surface area contributed by atoms with Crippen LogP contribution < -0.4 is 4.90 Å². The van der Waals surface area contributed by atoms with Gasteiger partial charge < -0.3 is 9.64 Å². The zero-order valence-electron chi connectivity index (χ0n) is 12.2. The van der Waals surface area contributed by atoms with E-state index in [2.05, 4.69) is 34.1 Å². The second kappa shape index (κ2) is 5.91. The summed E-state index contributed by atoms with van der Waals surface area (Å²) in [5.74, 6) is 0. The first-order valence-corrected chi connectivity index (χ1v) is 8.64. The molecule has 112 valence electrons. The van der Waals surface area contributed by atoms with Gasteiger partial charge in [-0.2, -0.15) is 0 Å². The number of aromatic nitrogens is 1. The Labute approximate surface area is 129 Å². The molecule has 0 spiro atoms. The minimum absolute atomic E-state index is 0.736. The van der Waals surface area contributed by atoms with Crippen molar-refractivity contribution < 1.29 is 4.74 Å². The number of anilines is 1. The third-order valence-corrected chi connectivity index (χ3v) is 5.68. The monoisotopic (exact) mass is 303 g/mol. The lowest BCUT2D eigenvalue weighted by Gasteiger charge is -2.40. The van der Waals surface area contributed by atoms with E-state index in [1.54, 1.807) is 0 Å². The summed E-state index contributed by atoms with van der Waals surface area (Å²) in [5, 5.41) is 1.19. The standard InChI is InChI=1S/C16H21N3OS/c1-2-4-15-14(3-1)17-16(21-15)19-7-5-13(6-8-19)18-9-11-20-12-10-18/h1-4,13H,5-12H2. The molecule has 1 aromatic carbocycles. The number of para-hydroxylation sites is 1. The number of piperidine rings is 1. The number of morpholine rings is 1. The third kappa shape index (κ3) is 2.78. The van der Waals surface area contributed by atoms with E-state index in [0.29, 0.717) is 0 Å². The summed E-state index contributed by atoms with van der Waals surface area (Å²) in [6.45, 7) is 6.26. The maximum absolute atomic E-state index is 5.45. The van der Waals surface area contributed by atoms with E-state index in [1.165, 1.54) is 22.7 Å². The van der Waals surface area contributed by atoms with Crippen molar-refractivity contribution >= 4 is 26.7 Å². The van der Waals surface area contributed by atoms with Crippen molar-refractivity contribution in [1.82, 2.24) is 9.88 Å². The quantitative estimate of drug-likeness (QED) is 0.852. The van der Waals surface area contributed by atoms with Gasteiger partial charge in [-0.3, -0.25) is 4.90 Å². The molecular weight excluding hydrogens is 282 g/mol. The van der Waals surface area contributed by atoms with Gasteiger partial charge in [-0.15, -0.1) is 0 Å². The van der Waals surface area contributed by atoms with E-state index >= 15 is 0 Å². The molecular formula is C16H21N3OS. The lowest BCUT2D eigenvalue weighted by atomic mass is 10.0. The Balaban J connectivity index is 1.42. The second-order valence-corrected chi connectivity index (χ2v) is 6.84. The van der Waals surface area contributed by atoms with Gasteiger partial charge in [0, 0.05) is 32.2 Å². The van der Waals surface area contributed by atoms with E-state index in [0.717, 1.165) is 51.0 Å². The van der Waals surface area contributed by atoms with Crippen LogP contribution in [0.25, 0.3) is 10.2 Å². The highest BCUT2D eigenvalue weighted by Crippen LogP contribution is 2.31. The molecule has 2 fully saturated rings. The lowest BCUT2D eigenvalue weighted by molar-refractivity contribution is 0.0115. The van der Waals surface area contributed by atoms with Gasteiger partial charge >= 0.3 is 0 Å². The Morgan fingerprint density at radius 1 is 1.05 bits per heavy atom. The van der Waals surface area contributed by atoms with E-state index < -0.39 is 0 Å². The normalized spacial score (nSPS) is 22.0. The van der Waals surface area contributed by atoms with Crippen LogP contribution in [0.3, 0.4) is 0 Å². The summed E-state index contributed by atoms with van der Waals surface area (Å²) < 4.78 is 6.75. The summed E-state index contributed by atoms with van der Waals surface area (Å²) in [5.41, 5.74) is 1.13. The van der Waals surface area contributed by atoms with Crippen LogP contribution in [0.1, 0.15) is 12.8 Å². The number of hydrogen-bond donors (Lipinski definition) is 0. The summed E-state index contributed by atoms with van der Waals surface area (Å²) in [6.07, 6.45) is 2.49. The first-order chi connectivity index (χ1) is 10.4. The van der Waals surface area contributed by atoms with Crippen molar-refractivity contribution in [2.24, 2.45) is 0 Å². The van der Waals surface area contributed by atoms with Crippen molar-refractivity contribution in [3.8, 4) is 0 Å². The average Bonchev–Trinajstić information content (AvgIpc) is 3.00. The van der Waals surface area contributed by atoms with Crippen molar-refractivity contribution in [2.75, 3.05) is 44.3 Å². The highest BCUT2D eigenvalue weighted by Gasteiger charge is 2.26. The Bertz CT molecular complexity index is 567. The summed E-state index contributed by atoms with van der Waals surface area (Å²) in [4.78, 5) is 9.86. The topological polar surface area (TPSA) is 28.6 Å². The lowest BCUT2D eigenvalue weighted by Crippen LogP contribution is -2.49. The van der Waals surface area contributed by atoms with Crippen LogP contribution in [0.2, 0.25) is 0 Å². The van der Waals surface area contributed by atoms with Crippen LogP contribution in [0.15, 0.2) is 24.3 Å². The fourth-order valence-electron chi connectivity index (χ4n) is 3.36. The molecule has 5 heteroatoms. The fraction of sp³-hybridized carbons (Fsp3) is 0.562. The van der Waals surface area contributed by atoms with Gasteiger partial charge in [0.1, 0.15) is 0 Å². The van der Waals surface area contributed by atoms with Crippen molar-refractivity contribution in [2.45, 2.75) is 18.9 Å². The van der Waals surface area contributed by atoms with Gasteiger partial charge in [0.15, 0.2) is 5.13 Å². The molecule has 0 unspecified atom stereocenters. The maximum atomic E-state index is 5.45. The zero-order chi connectivity index (χ0) is 14.1. The van der Waals surface area contributed by atoms with Gasteiger partial charge in [-0.05, 0) is 25.0 Å². The predicted molar refractivity (Wildman–Crippen MR) is 87.2 cm³/mol.